The van der Waals surface area contributed by atoms with E-state index in [1.807, 2.05) is 38.1 Å². The van der Waals surface area contributed by atoms with Gasteiger partial charge in [0.2, 0.25) is 0 Å². The minimum atomic E-state index is -2.55. The minimum Gasteiger partial charge on any atom is -0.423 e. The monoisotopic (exact) mass is 593 g/mol. The molecule has 3 unspecified atom stereocenters. The van der Waals surface area contributed by atoms with Crippen LogP contribution >= 0.6 is 0 Å². The molecule has 3 atom stereocenters. The van der Waals surface area contributed by atoms with Gasteiger partial charge >= 0.3 is 29.7 Å². The predicted octanol–water partition coefficient (Wildman–Crippen LogP) is 1.69. The summed E-state index contributed by atoms with van der Waals surface area (Å²) in [6.07, 6.45) is -1.98. The van der Waals surface area contributed by atoms with Gasteiger partial charge in [0.05, 0.1) is 24.9 Å². The third-order valence-corrected chi connectivity index (χ3v) is 8.49. The fourth-order valence-electron chi connectivity index (χ4n) is 6.01. The third-order valence-electron chi connectivity index (χ3n) is 8.49. The van der Waals surface area contributed by atoms with Gasteiger partial charge in [0, 0.05) is 31.9 Å². The van der Waals surface area contributed by atoms with Crippen LogP contribution in [0.5, 0.6) is 0 Å². The average Bonchev–Trinajstić information content (AvgIpc) is 3.05. The summed E-state index contributed by atoms with van der Waals surface area (Å²) in [5, 5.41) is 11.2. The number of likely N-dealkylation sites (N-methyl/N-ethyl adjacent to an activating group) is 1. The first-order valence-electron chi connectivity index (χ1n) is 14.4. The number of carbonyl (C=O) groups is 4. The van der Waals surface area contributed by atoms with E-state index >= 15 is 0 Å². The first kappa shape index (κ1) is 29.1. The number of nitrogens with zero attached hydrogens (tertiary/aromatic N) is 3. The number of esters is 3. The Bertz CT molecular complexity index is 1450. The fourth-order valence-corrected chi connectivity index (χ4v) is 6.01. The summed E-state index contributed by atoms with van der Waals surface area (Å²) in [6.45, 7) is 6.57. The van der Waals surface area contributed by atoms with Gasteiger partial charge in [-0.3, -0.25) is 14.4 Å². The van der Waals surface area contributed by atoms with E-state index in [4.69, 9.17) is 18.9 Å². The Morgan fingerprint density at radius 2 is 1.51 bits per heavy atom. The van der Waals surface area contributed by atoms with Crippen molar-refractivity contribution in [1.29, 1.82) is 0 Å². The zero-order valence-electron chi connectivity index (χ0n) is 24.4. The molecule has 1 amide bonds. The lowest BCUT2D eigenvalue weighted by molar-refractivity contribution is -0.304. The largest absolute Gasteiger partial charge is 0.423 e. The lowest BCUT2D eigenvalue weighted by atomic mass is 9.94. The van der Waals surface area contributed by atoms with Crippen LogP contribution < -0.4 is 9.80 Å². The molecular weight excluding hydrogens is 558 g/mol. The summed E-state index contributed by atoms with van der Waals surface area (Å²) in [4.78, 5) is 59.7. The van der Waals surface area contributed by atoms with Gasteiger partial charge in [0.25, 0.3) is 5.79 Å². The Morgan fingerprint density at radius 1 is 0.860 bits per heavy atom. The molecule has 3 bridgehead atoms. The molecule has 43 heavy (non-hydrogen) atoms. The Morgan fingerprint density at radius 3 is 2.19 bits per heavy atom. The number of anilines is 2. The molecule has 5 saturated heterocycles. The molecule has 0 aromatic heterocycles. The van der Waals surface area contributed by atoms with E-state index in [0.717, 1.165) is 42.3 Å². The Hall–Kier alpha value is -4.00. The Balaban J connectivity index is 1.48. The highest BCUT2D eigenvalue weighted by molar-refractivity contribution is 6.03. The summed E-state index contributed by atoms with van der Waals surface area (Å²) in [5.41, 5.74) is 0.189. The van der Waals surface area contributed by atoms with E-state index in [-0.39, 0.29) is 18.0 Å². The minimum absolute atomic E-state index is 0.183. The average molecular weight is 594 g/mol. The second-order valence-electron chi connectivity index (χ2n) is 12.0. The summed E-state index contributed by atoms with van der Waals surface area (Å²) in [5.74, 6) is -8.76. The van der Waals surface area contributed by atoms with Crippen molar-refractivity contribution in [2.24, 2.45) is 0 Å². The zero-order chi connectivity index (χ0) is 30.6. The maximum absolute atomic E-state index is 14.7. The number of para-hydroxylation sites is 1. The quantitative estimate of drug-likeness (QED) is 0.508. The van der Waals surface area contributed by atoms with E-state index in [1.165, 1.54) is 0 Å². The third kappa shape index (κ3) is 5.13. The highest BCUT2D eigenvalue weighted by atomic mass is 16.8. The number of rotatable bonds is 5. The van der Waals surface area contributed by atoms with Gasteiger partial charge in [0.1, 0.15) is 0 Å². The van der Waals surface area contributed by atoms with E-state index in [9.17, 15) is 24.3 Å². The summed E-state index contributed by atoms with van der Waals surface area (Å²) < 4.78 is 23.1. The van der Waals surface area contributed by atoms with E-state index in [1.54, 1.807) is 24.3 Å². The number of benzene rings is 2. The maximum atomic E-state index is 14.7. The number of hydrogen-bond donors (Lipinski definition) is 1. The second-order valence-corrected chi connectivity index (χ2v) is 12.0. The number of fused-ring (bicyclic) bond motifs is 4. The van der Waals surface area contributed by atoms with Crippen LogP contribution in [0.4, 0.5) is 11.4 Å². The van der Waals surface area contributed by atoms with Gasteiger partial charge in [-0.1, -0.05) is 44.2 Å². The van der Waals surface area contributed by atoms with Crippen LogP contribution in [-0.2, 0) is 44.5 Å². The van der Waals surface area contributed by atoms with Gasteiger partial charge < -0.3 is 33.9 Å². The molecule has 0 radical (unpaired) electrons. The molecule has 0 saturated carbocycles. The number of hydrogen-bond acceptors (Lipinski definition) is 11. The van der Waals surface area contributed by atoms with Crippen molar-refractivity contribution in [3.05, 3.63) is 59.7 Å². The van der Waals surface area contributed by atoms with Crippen LogP contribution in [0, 0.1) is 0 Å². The fraction of sp³-hybridized carbons (Fsp3) is 0.484. The lowest BCUT2D eigenvalue weighted by Crippen LogP contribution is -2.72. The number of carbonyl (C=O) groups excluding carboxylic acids is 4. The van der Waals surface area contributed by atoms with Gasteiger partial charge in [0.15, 0.2) is 12.2 Å². The number of aliphatic hydroxyl groups is 1. The van der Waals surface area contributed by atoms with E-state index < -0.39 is 60.6 Å². The summed E-state index contributed by atoms with van der Waals surface area (Å²) in [6, 6.07) is 14.4. The molecule has 12 heteroatoms. The van der Waals surface area contributed by atoms with Crippen LogP contribution in [0.15, 0.2) is 48.5 Å². The summed E-state index contributed by atoms with van der Waals surface area (Å²) >= 11 is 0. The van der Waals surface area contributed by atoms with Gasteiger partial charge in [-0.2, -0.15) is 0 Å². The molecule has 2 aromatic rings. The lowest BCUT2D eigenvalue weighted by Gasteiger charge is -2.49. The Labute approximate surface area is 249 Å². The molecule has 7 rings (SSSR count). The van der Waals surface area contributed by atoms with E-state index in [0.29, 0.717) is 5.56 Å². The van der Waals surface area contributed by atoms with Crippen molar-refractivity contribution in [1.82, 2.24) is 4.90 Å². The highest BCUT2D eigenvalue weighted by Crippen LogP contribution is 2.44. The van der Waals surface area contributed by atoms with Crippen LogP contribution in [0.25, 0.3) is 0 Å². The van der Waals surface area contributed by atoms with Gasteiger partial charge in [-0.25, -0.2) is 9.69 Å². The van der Waals surface area contributed by atoms with Crippen molar-refractivity contribution in [3.63, 3.8) is 0 Å². The van der Waals surface area contributed by atoms with Crippen molar-refractivity contribution < 1.29 is 43.2 Å². The first-order chi connectivity index (χ1) is 20.4. The molecular formula is C31H35N3O9. The zero-order valence-corrected chi connectivity index (χ0v) is 24.4. The summed E-state index contributed by atoms with van der Waals surface area (Å²) in [7, 11) is 2.05. The van der Waals surface area contributed by atoms with Crippen LogP contribution in [-0.4, -0.2) is 91.0 Å². The second kappa shape index (κ2) is 10.6. The van der Waals surface area contributed by atoms with Gasteiger partial charge in [-0.15, -0.1) is 0 Å². The topological polar surface area (TPSA) is 135 Å². The van der Waals surface area contributed by atoms with Crippen LogP contribution in [0.3, 0.4) is 0 Å². The number of piperazine rings is 1. The normalized spacial score (nSPS) is 29.8. The van der Waals surface area contributed by atoms with Crippen molar-refractivity contribution in [2.45, 2.75) is 56.3 Å². The van der Waals surface area contributed by atoms with Crippen molar-refractivity contribution in [2.75, 3.05) is 49.6 Å². The molecule has 5 aliphatic rings. The smallest absolute Gasteiger partial charge is 0.374 e. The molecule has 0 aliphatic carbocycles. The van der Waals surface area contributed by atoms with Crippen LogP contribution in [0.2, 0.25) is 0 Å². The SMILES string of the molecule is CC(C)c1ccc(N2C(=O)C3(Cc4ccccc4N4CCN(C)CC4)OCC24OC(=O)CC(O)(CC(=O)O3)C(=O)O4)cc1. The molecule has 5 heterocycles. The predicted molar refractivity (Wildman–Crippen MR) is 152 cm³/mol. The molecule has 1 spiro atoms. The highest BCUT2D eigenvalue weighted by Gasteiger charge is 2.67. The molecule has 2 aromatic carbocycles. The molecule has 5 aliphatic heterocycles. The van der Waals surface area contributed by atoms with Gasteiger partial charge in [-0.05, 0) is 42.3 Å². The van der Waals surface area contributed by atoms with Crippen molar-refractivity contribution in [3.8, 4) is 0 Å². The molecule has 228 valence electrons. The number of morpholine rings is 1. The number of ether oxygens (including phenoxy) is 4. The standard InChI is InChI=1S/C31H35N3O9/c1-20(2)21-8-10-23(11-9-21)34-27(37)30(16-22-6-4-5-7-24(22)33-14-12-32(3)13-15-33)40-19-31(34)42-26(36)18-29(39,28(38)43-31)17-25(35)41-30/h4-11,20,39H,12-19H2,1-3H3. The van der Waals surface area contributed by atoms with E-state index in [2.05, 4.69) is 16.8 Å². The molecule has 1 N–H and O–H groups in total. The Kier molecular flexibility index (Phi) is 7.18. The first-order valence-corrected chi connectivity index (χ1v) is 14.4. The number of amides is 1. The molecule has 5 fully saturated rings. The van der Waals surface area contributed by atoms with Crippen molar-refractivity contribution >= 4 is 35.2 Å². The molecule has 12 nitrogen and oxygen atoms in total. The maximum Gasteiger partial charge on any atom is 0.374 e. The van der Waals surface area contributed by atoms with Crippen LogP contribution in [0.1, 0.15) is 43.7 Å².